The zero-order valence-electron chi connectivity index (χ0n) is 15.1. The Kier molecular flexibility index (Phi) is 5.38. The van der Waals surface area contributed by atoms with Crippen molar-refractivity contribution in [1.82, 2.24) is 15.2 Å². The topological polar surface area (TPSA) is 71.5 Å². The van der Waals surface area contributed by atoms with Crippen molar-refractivity contribution in [3.05, 3.63) is 46.4 Å². The number of carbonyl (C=O) groups excluding carboxylic acids is 2. The van der Waals surface area contributed by atoms with E-state index in [0.717, 1.165) is 37.1 Å². The molecule has 2 aromatic heterocycles. The van der Waals surface area contributed by atoms with Gasteiger partial charge >= 0.3 is 0 Å². The molecule has 1 N–H and O–H groups in total. The van der Waals surface area contributed by atoms with Crippen molar-refractivity contribution >= 4 is 23.2 Å². The number of likely N-dealkylation sites (tertiary alicyclic amines) is 1. The predicted molar refractivity (Wildman–Crippen MR) is 103 cm³/mol. The first-order valence-electron chi connectivity index (χ1n) is 9.43. The molecule has 6 nitrogen and oxygen atoms in total. The molecule has 1 atom stereocenters. The fourth-order valence-corrected chi connectivity index (χ4v) is 4.47. The number of thiophene rings is 1. The summed E-state index contributed by atoms with van der Waals surface area (Å²) in [5.74, 6) is 1.13. The Balaban J connectivity index is 1.29. The highest BCUT2D eigenvalue weighted by Crippen LogP contribution is 2.40. The molecule has 142 valence electrons. The number of nitrogens with zero attached hydrogens (tertiary/aromatic N) is 2. The van der Waals surface area contributed by atoms with Gasteiger partial charge in [0, 0.05) is 23.5 Å². The molecule has 1 aliphatic carbocycles. The third-order valence-corrected chi connectivity index (χ3v) is 6.12. The van der Waals surface area contributed by atoms with Crippen molar-refractivity contribution in [2.45, 2.75) is 31.7 Å². The fourth-order valence-electron chi connectivity index (χ4n) is 3.40. The Hall–Kier alpha value is -2.41. The van der Waals surface area contributed by atoms with E-state index < -0.39 is 0 Å². The van der Waals surface area contributed by atoms with Crippen LogP contribution in [0.2, 0.25) is 0 Å². The molecule has 0 bridgehead atoms. The summed E-state index contributed by atoms with van der Waals surface area (Å²) in [7, 11) is 0. The van der Waals surface area contributed by atoms with Gasteiger partial charge in [-0.15, -0.1) is 11.3 Å². The number of rotatable bonds is 7. The lowest BCUT2D eigenvalue weighted by atomic mass is 10.2. The van der Waals surface area contributed by atoms with Crippen LogP contribution in [-0.2, 0) is 4.79 Å². The quantitative estimate of drug-likeness (QED) is 0.744. The second-order valence-corrected chi connectivity index (χ2v) is 8.07. The molecule has 2 aromatic rings. The number of aromatic nitrogens is 1. The molecule has 2 fully saturated rings. The van der Waals surface area contributed by atoms with E-state index in [-0.39, 0.29) is 17.9 Å². The summed E-state index contributed by atoms with van der Waals surface area (Å²) in [6.45, 7) is 1.66. The van der Waals surface area contributed by atoms with E-state index in [2.05, 4.69) is 10.3 Å². The molecule has 1 saturated heterocycles. The first-order valence-corrected chi connectivity index (χ1v) is 10.3. The van der Waals surface area contributed by atoms with Crippen LogP contribution in [0.25, 0.3) is 0 Å². The minimum absolute atomic E-state index is 0.0981. The molecule has 2 aliphatic rings. The van der Waals surface area contributed by atoms with Gasteiger partial charge in [-0.1, -0.05) is 0 Å². The van der Waals surface area contributed by atoms with Gasteiger partial charge in [0.1, 0.15) is 12.4 Å². The van der Waals surface area contributed by atoms with Gasteiger partial charge in [-0.3, -0.25) is 14.6 Å². The average Bonchev–Trinajstić information content (AvgIpc) is 3.23. The molecule has 1 unspecified atom stereocenters. The summed E-state index contributed by atoms with van der Waals surface area (Å²) < 4.78 is 5.53. The molecule has 0 aromatic carbocycles. The van der Waals surface area contributed by atoms with E-state index in [9.17, 15) is 9.59 Å². The van der Waals surface area contributed by atoms with Gasteiger partial charge in [0.15, 0.2) is 0 Å². The number of hydrogen-bond donors (Lipinski definition) is 1. The Morgan fingerprint density at radius 3 is 2.93 bits per heavy atom. The summed E-state index contributed by atoms with van der Waals surface area (Å²) in [5, 5.41) is 2.88. The average molecular weight is 385 g/mol. The van der Waals surface area contributed by atoms with Crippen LogP contribution >= 0.6 is 11.3 Å². The summed E-state index contributed by atoms with van der Waals surface area (Å²) in [6.07, 6.45) is 7.41. The van der Waals surface area contributed by atoms with E-state index in [1.165, 1.54) is 11.3 Å². The molecule has 1 saturated carbocycles. The summed E-state index contributed by atoms with van der Waals surface area (Å²) in [4.78, 5) is 32.6. The number of ether oxygens (including phenoxy) is 1. The second kappa shape index (κ2) is 8.08. The van der Waals surface area contributed by atoms with Crippen LogP contribution in [-0.4, -0.2) is 41.4 Å². The van der Waals surface area contributed by atoms with Crippen LogP contribution in [0.4, 0.5) is 0 Å². The van der Waals surface area contributed by atoms with Crippen molar-refractivity contribution in [3.63, 3.8) is 0 Å². The van der Waals surface area contributed by atoms with E-state index in [0.29, 0.717) is 29.7 Å². The third kappa shape index (κ3) is 4.30. The normalized spacial score (nSPS) is 19.1. The highest BCUT2D eigenvalue weighted by atomic mass is 32.1. The molecule has 0 radical (unpaired) electrons. The maximum Gasteiger partial charge on any atom is 0.261 e. The predicted octanol–water partition coefficient (Wildman–Crippen LogP) is 3.03. The lowest BCUT2D eigenvalue weighted by molar-refractivity contribution is -0.133. The minimum atomic E-state index is -0.0981. The standard InChI is InChI=1S/C20H23N3O3S/c24-19(22-10-12-26-15-3-1-9-21-13-15)18-8-7-17(27-18)16-4-2-11-23(16)20(25)14-5-6-14/h1,3,7-9,13-14,16H,2,4-6,10-12H2,(H,22,24). The van der Waals surface area contributed by atoms with Crippen LogP contribution in [0.3, 0.4) is 0 Å². The van der Waals surface area contributed by atoms with Crippen molar-refractivity contribution in [2.75, 3.05) is 19.7 Å². The van der Waals surface area contributed by atoms with Crippen LogP contribution < -0.4 is 10.1 Å². The van der Waals surface area contributed by atoms with Gasteiger partial charge < -0.3 is 15.0 Å². The largest absolute Gasteiger partial charge is 0.490 e. The smallest absolute Gasteiger partial charge is 0.261 e. The van der Waals surface area contributed by atoms with Gasteiger partial charge in [-0.25, -0.2) is 0 Å². The van der Waals surface area contributed by atoms with Gasteiger partial charge in [0.2, 0.25) is 5.91 Å². The van der Waals surface area contributed by atoms with E-state index >= 15 is 0 Å². The van der Waals surface area contributed by atoms with E-state index in [1.54, 1.807) is 18.5 Å². The summed E-state index contributed by atoms with van der Waals surface area (Å²) in [6, 6.07) is 7.63. The lowest BCUT2D eigenvalue weighted by Gasteiger charge is -2.23. The number of pyridine rings is 1. The molecular weight excluding hydrogens is 362 g/mol. The summed E-state index contributed by atoms with van der Waals surface area (Å²) in [5.41, 5.74) is 0. The maximum atomic E-state index is 12.5. The molecule has 7 heteroatoms. The monoisotopic (exact) mass is 385 g/mol. The van der Waals surface area contributed by atoms with Crippen LogP contribution in [0, 0.1) is 5.92 Å². The van der Waals surface area contributed by atoms with Gasteiger partial charge in [0.05, 0.1) is 23.7 Å². The highest BCUT2D eigenvalue weighted by Gasteiger charge is 2.39. The third-order valence-electron chi connectivity index (χ3n) is 4.93. The van der Waals surface area contributed by atoms with Gasteiger partial charge in [-0.2, -0.15) is 0 Å². The summed E-state index contributed by atoms with van der Waals surface area (Å²) >= 11 is 1.49. The van der Waals surface area contributed by atoms with Crippen LogP contribution in [0.1, 0.15) is 46.3 Å². The van der Waals surface area contributed by atoms with Gasteiger partial charge in [-0.05, 0) is 49.9 Å². The van der Waals surface area contributed by atoms with Gasteiger partial charge in [0.25, 0.3) is 5.91 Å². The molecular formula is C20H23N3O3S. The number of nitrogens with one attached hydrogen (secondary N) is 1. The Morgan fingerprint density at radius 2 is 2.15 bits per heavy atom. The lowest BCUT2D eigenvalue weighted by Crippen LogP contribution is -2.31. The zero-order chi connectivity index (χ0) is 18.6. The second-order valence-electron chi connectivity index (χ2n) is 6.96. The van der Waals surface area contributed by atoms with E-state index in [4.69, 9.17) is 4.74 Å². The van der Waals surface area contributed by atoms with Crippen molar-refractivity contribution in [3.8, 4) is 5.75 Å². The minimum Gasteiger partial charge on any atom is -0.490 e. The first kappa shape index (κ1) is 18.0. The molecule has 0 spiro atoms. The Labute approximate surface area is 162 Å². The molecule has 27 heavy (non-hydrogen) atoms. The van der Waals surface area contributed by atoms with Crippen molar-refractivity contribution in [2.24, 2.45) is 5.92 Å². The van der Waals surface area contributed by atoms with Crippen LogP contribution in [0.5, 0.6) is 5.75 Å². The molecule has 4 rings (SSSR count). The highest BCUT2D eigenvalue weighted by molar-refractivity contribution is 7.14. The van der Waals surface area contributed by atoms with Crippen LogP contribution in [0.15, 0.2) is 36.7 Å². The van der Waals surface area contributed by atoms with E-state index in [1.807, 2.05) is 23.1 Å². The Bertz CT molecular complexity index is 804. The molecule has 3 heterocycles. The molecule has 1 aliphatic heterocycles. The Morgan fingerprint density at radius 1 is 1.26 bits per heavy atom. The number of hydrogen-bond acceptors (Lipinski definition) is 5. The number of carbonyl (C=O) groups is 2. The maximum absolute atomic E-state index is 12.5. The molecule has 2 amide bonds. The SMILES string of the molecule is O=C(NCCOc1cccnc1)c1ccc(C2CCCN2C(=O)C2CC2)s1. The number of amides is 2. The fraction of sp³-hybridized carbons (Fsp3) is 0.450. The van der Waals surface area contributed by atoms with Crippen molar-refractivity contribution in [1.29, 1.82) is 0 Å². The first-order chi connectivity index (χ1) is 13.2. The van der Waals surface area contributed by atoms with Crippen molar-refractivity contribution < 1.29 is 14.3 Å². The zero-order valence-corrected chi connectivity index (χ0v) is 15.9.